The Morgan fingerprint density at radius 2 is 2.03 bits per heavy atom. The van der Waals surface area contributed by atoms with Gasteiger partial charge in [0.05, 0.1) is 6.20 Å². The van der Waals surface area contributed by atoms with Crippen LogP contribution in [0.1, 0.15) is 48.8 Å². The van der Waals surface area contributed by atoms with Gasteiger partial charge < -0.3 is 9.72 Å². The third kappa shape index (κ3) is 3.87. The number of benzene rings is 1. The third-order valence-corrected chi connectivity index (χ3v) is 6.48. The van der Waals surface area contributed by atoms with E-state index >= 15 is 0 Å². The number of halogens is 2. The van der Waals surface area contributed by atoms with Crippen molar-refractivity contribution in [3.05, 3.63) is 63.6 Å². The molecule has 2 fully saturated rings. The van der Waals surface area contributed by atoms with Crippen LogP contribution in [0.5, 0.6) is 0 Å². The molecule has 5 rings (SSSR count). The summed E-state index contributed by atoms with van der Waals surface area (Å²) in [6.07, 6.45) is 3.31. The molecule has 164 valence electrons. The SMILES string of the molecule is C[C@H]1CN(Cc2ccc(F)cc2F)CC1c1nn2c(C3CCOCC3)ncc2c(=O)[nH]1. The Morgan fingerprint density at radius 1 is 1.23 bits per heavy atom. The van der Waals surface area contributed by atoms with E-state index in [0.717, 1.165) is 31.3 Å². The van der Waals surface area contributed by atoms with Gasteiger partial charge in [0.25, 0.3) is 5.56 Å². The lowest BCUT2D eigenvalue weighted by Crippen LogP contribution is -2.24. The third-order valence-electron chi connectivity index (χ3n) is 6.48. The lowest BCUT2D eigenvalue weighted by Gasteiger charge is -2.21. The maximum Gasteiger partial charge on any atom is 0.276 e. The average molecular weight is 429 g/mol. The zero-order valence-electron chi connectivity index (χ0n) is 17.4. The molecule has 0 spiro atoms. The van der Waals surface area contributed by atoms with Crippen LogP contribution in [-0.4, -0.2) is 50.8 Å². The number of aromatic amines is 1. The molecule has 3 aromatic rings. The van der Waals surface area contributed by atoms with Crippen LogP contribution >= 0.6 is 0 Å². The molecule has 2 saturated heterocycles. The van der Waals surface area contributed by atoms with Crippen LogP contribution in [0.25, 0.3) is 5.52 Å². The number of rotatable bonds is 4. The number of nitrogens with one attached hydrogen (secondary N) is 1. The largest absolute Gasteiger partial charge is 0.381 e. The molecule has 2 aromatic heterocycles. The first kappa shape index (κ1) is 20.3. The molecule has 1 unspecified atom stereocenters. The normalized spacial score (nSPS) is 23.1. The smallest absolute Gasteiger partial charge is 0.276 e. The fourth-order valence-electron chi connectivity index (χ4n) is 4.78. The highest BCUT2D eigenvalue weighted by molar-refractivity contribution is 5.42. The first-order valence-electron chi connectivity index (χ1n) is 10.7. The minimum atomic E-state index is -0.579. The first-order valence-corrected chi connectivity index (χ1v) is 10.7. The molecule has 2 aliphatic rings. The van der Waals surface area contributed by atoms with E-state index < -0.39 is 11.6 Å². The number of nitrogens with zero attached hydrogens (tertiary/aromatic N) is 4. The first-order chi connectivity index (χ1) is 15.0. The van der Waals surface area contributed by atoms with Crippen molar-refractivity contribution < 1.29 is 13.5 Å². The van der Waals surface area contributed by atoms with Crippen molar-refractivity contribution in [2.75, 3.05) is 26.3 Å². The van der Waals surface area contributed by atoms with Crippen LogP contribution < -0.4 is 5.56 Å². The fourth-order valence-corrected chi connectivity index (χ4v) is 4.78. The molecule has 31 heavy (non-hydrogen) atoms. The molecule has 0 aliphatic carbocycles. The van der Waals surface area contributed by atoms with Crippen molar-refractivity contribution in [2.24, 2.45) is 5.92 Å². The highest BCUT2D eigenvalue weighted by Crippen LogP contribution is 2.32. The second kappa shape index (κ2) is 8.12. The highest BCUT2D eigenvalue weighted by Gasteiger charge is 2.34. The zero-order chi connectivity index (χ0) is 21.5. The Kier molecular flexibility index (Phi) is 5.31. The number of H-pyrrole nitrogens is 1. The number of likely N-dealkylation sites (tertiary alicyclic amines) is 1. The Hall–Kier alpha value is -2.65. The lowest BCUT2D eigenvalue weighted by molar-refractivity contribution is 0.0832. The molecule has 9 heteroatoms. The van der Waals surface area contributed by atoms with E-state index in [4.69, 9.17) is 9.84 Å². The summed E-state index contributed by atoms with van der Waals surface area (Å²) in [6.45, 7) is 5.23. The summed E-state index contributed by atoms with van der Waals surface area (Å²) < 4.78 is 34.4. The number of hydrogen-bond acceptors (Lipinski definition) is 5. The van der Waals surface area contributed by atoms with Gasteiger partial charge >= 0.3 is 0 Å². The van der Waals surface area contributed by atoms with Crippen LogP contribution in [0, 0.1) is 17.6 Å². The predicted molar refractivity (Wildman–Crippen MR) is 110 cm³/mol. The number of imidazole rings is 1. The van der Waals surface area contributed by atoms with Crippen molar-refractivity contribution >= 4 is 5.52 Å². The molecule has 2 aliphatic heterocycles. The summed E-state index contributed by atoms with van der Waals surface area (Å²) in [5, 5.41) is 4.78. The summed E-state index contributed by atoms with van der Waals surface area (Å²) >= 11 is 0. The maximum atomic E-state index is 14.1. The van der Waals surface area contributed by atoms with Gasteiger partial charge in [0.15, 0.2) is 5.52 Å². The molecule has 2 atom stereocenters. The van der Waals surface area contributed by atoms with Crippen LogP contribution in [0.2, 0.25) is 0 Å². The van der Waals surface area contributed by atoms with Crippen LogP contribution in [0.15, 0.2) is 29.2 Å². The van der Waals surface area contributed by atoms with E-state index in [0.29, 0.717) is 43.2 Å². The van der Waals surface area contributed by atoms with Gasteiger partial charge in [-0.2, -0.15) is 5.10 Å². The second-order valence-electron chi connectivity index (χ2n) is 8.65. The van der Waals surface area contributed by atoms with Gasteiger partial charge in [0.2, 0.25) is 0 Å². The topological polar surface area (TPSA) is 75.5 Å². The van der Waals surface area contributed by atoms with Gasteiger partial charge in [-0.25, -0.2) is 18.3 Å². The quantitative estimate of drug-likeness (QED) is 0.690. The molecule has 1 aromatic carbocycles. The molecule has 4 heterocycles. The molecule has 0 radical (unpaired) electrons. The van der Waals surface area contributed by atoms with E-state index in [9.17, 15) is 13.6 Å². The second-order valence-corrected chi connectivity index (χ2v) is 8.65. The monoisotopic (exact) mass is 429 g/mol. The van der Waals surface area contributed by atoms with Crippen molar-refractivity contribution in [3.63, 3.8) is 0 Å². The summed E-state index contributed by atoms with van der Waals surface area (Å²) in [5.41, 5.74) is 0.703. The summed E-state index contributed by atoms with van der Waals surface area (Å²) in [7, 11) is 0. The number of hydrogen-bond donors (Lipinski definition) is 1. The zero-order valence-corrected chi connectivity index (χ0v) is 17.4. The molecule has 0 saturated carbocycles. The standard InChI is InChI=1S/C22H25F2N5O2/c1-13-10-28(11-15-2-3-16(23)8-18(15)24)12-17(13)20-26-22(30)19-9-25-21(29(19)27-20)14-4-6-31-7-5-14/h2-3,8-9,13-14,17H,4-7,10-12H2,1H3,(H,26,27,30)/t13-,17?/m0/s1. The van der Waals surface area contributed by atoms with Crippen molar-refractivity contribution in [1.82, 2.24) is 24.5 Å². The fraction of sp³-hybridized carbons (Fsp3) is 0.500. The lowest BCUT2D eigenvalue weighted by atomic mass is 9.97. The van der Waals surface area contributed by atoms with Gasteiger partial charge in [-0.15, -0.1) is 0 Å². The van der Waals surface area contributed by atoms with E-state index in [1.807, 2.05) is 0 Å². The molecule has 1 N–H and O–H groups in total. The Balaban J connectivity index is 1.41. The minimum absolute atomic E-state index is 0.00514. The van der Waals surface area contributed by atoms with Gasteiger partial charge in [0, 0.05) is 56.3 Å². The summed E-state index contributed by atoms with van der Waals surface area (Å²) in [5.74, 6) is 0.759. The molecular weight excluding hydrogens is 404 g/mol. The summed E-state index contributed by atoms with van der Waals surface area (Å²) in [4.78, 5) is 22.3. The van der Waals surface area contributed by atoms with Crippen molar-refractivity contribution in [1.29, 1.82) is 0 Å². The van der Waals surface area contributed by atoms with Crippen molar-refractivity contribution in [3.8, 4) is 0 Å². The van der Waals surface area contributed by atoms with Crippen LogP contribution in [0.4, 0.5) is 8.78 Å². The van der Waals surface area contributed by atoms with E-state index in [1.165, 1.54) is 12.1 Å². The number of ether oxygens (including phenoxy) is 1. The predicted octanol–water partition coefficient (Wildman–Crippen LogP) is 2.83. The maximum absolute atomic E-state index is 14.1. The Bertz CT molecular complexity index is 1150. The van der Waals surface area contributed by atoms with Crippen molar-refractivity contribution in [2.45, 2.75) is 38.1 Å². The highest BCUT2D eigenvalue weighted by atomic mass is 19.1. The molecule has 0 amide bonds. The van der Waals surface area contributed by atoms with Gasteiger partial charge in [0.1, 0.15) is 23.3 Å². The Labute approximate surface area is 178 Å². The van der Waals surface area contributed by atoms with Crippen LogP contribution in [-0.2, 0) is 11.3 Å². The summed E-state index contributed by atoms with van der Waals surface area (Å²) in [6, 6.07) is 3.68. The number of aromatic nitrogens is 4. The van der Waals surface area contributed by atoms with Gasteiger partial charge in [-0.3, -0.25) is 9.69 Å². The van der Waals surface area contributed by atoms with Gasteiger partial charge in [-0.05, 0) is 24.8 Å². The number of fused-ring (bicyclic) bond motifs is 1. The minimum Gasteiger partial charge on any atom is -0.381 e. The van der Waals surface area contributed by atoms with Gasteiger partial charge in [-0.1, -0.05) is 13.0 Å². The molecule has 0 bridgehead atoms. The van der Waals surface area contributed by atoms with E-state index in [1.54, 1.807) is 10.7 Å². The Morgan fingerprint density at radius 3 is 2.81 bits per heavy atom. The molecule has 7 nitrogen and oxygen atoms in total. The molecular formula is C22H25F2N5O2. The van der Waals surface area contributed by atoms with E-state index in [2.05, 4.69) is 21.8 Å². The van der Waals surface area contributed by atoms with E-state index in [-0.39, 0.29) is 23.3 Å². The van der Waals surface area contributed by atoms with Crippen LogP contribution in [0.3, 0.4) is 0 Å². The average Bonchev–Trinajstić information content (AvgIpc) is 3.34.